The molecule has 28 heavy (non-hydrogen) atoms. The second-order valence-corrected chi connectivity index (χ2v) is 7.41. The maximum absolute atomic E-state index is 6.46. The number of furan rings is 1. The van der Waals surface area contributed by atoms with Gasteiger partial charge in [-0.15, -0.1) is 0 Å². The molecule has 138 valence electrons. The fourth-order valence-electron chi connectivity index (χ4n) is 4.37. The first-order valence-electron chi connectivity index (χ1n) is 9.62. The summed E-state index contributed by atoms with van der Waals surface area (Å²) >= 11 is 0. The van der Waals surface area contributed by atoms with Gasteiger partial charge in [-0.1, -0.05) is 42.5 Å². The Morgan fingerprint density at radius 3 is 2.39 bits per heavy atom. The molecule has 0 fully saturated rings. The molecule has 0 bridgehead atoms. The zero-order valence-electron chi connectivity index (χ0n) is 16.3. The van der Waals surface area contributed by atoms with Crippen LogP contribution in [0.3, 0.4) is 0 Å². The summed E-state index contributed by atoms with van der Waals surface area (Å²) in [5, 5.41) is 2.40. The Labute approximate surface area is 164 Å². The van der Waals surface area contributed by atoms with E-state index in [1.54, 1.807) is 0 Å². The van der Waals surface area contributed by atoms with Crippen molar-refractivity contribution >= 4 is 21.9 Å². The SMILES string of the molecule is Cc1ncccc1C(c1oc2ccccc2c1C)c1c(C)[nH]c2ccccc12. The summed E-state index contributed by atoms with van der Waals surface area (Å²) in [6.07, 6.45) is 1.85. The number of aromatic nitrogens is 2. The Kier molecular flexibility index (Phi) is 3.83. The van der Waals surface area contributed by atoms with E-state index >= 15 is 0 Å². The van der Waals surface area contributed by atoms with Crippen molar-refractivity contribution in [1.82, 2.24) is 9.97 Å². The lowest BCUT2D eigenvalue weighted by Crippen LogP contribution is -2.07. The highest BCUT2D eigenvalue weighted by atomic mass is 16.3. The summed E-state index contributed by atoms with van der Waals surface area (Å²) in [5.41, 5.74) is 7.89. The molecular weight excluding hydrogens is 344 g/mol. The lowest BCUT2D eigenvalue weighted by molar-refractivity contribution is 0.536. The molecule has 0 spiro atoms. The number of rotatable bonds is 3. The Morgan fingerprint density at radius 2 is 1.61 bits per heavy atom. The molecule has 5 aromatic rings. The van der Waals surface area contributed by atoms with Crippen LogP contribution in [0, 0.1) is 20.8 Å². The van der Waals surface area contributed by atoms with Gasteiger partial charge in [0.1, 0.15) is 11.3 Å². The van der Waals surface area contributed by atoms with E-state index in [0.717, 1.165) is 28.2 Å². The average molecular weight is 366 g/mol. The topological polar surface area (TPSA) is 41.8 Å². The molecule has 0 saturated heterocycles. The van der Waals surface area contributed by atoms with Gasteiger partial charge in [0.2, 0.25) is 0 Å². The maximum atomic E-state index is 6.46. The summed E-state index contributed by atoms with van der Waals surface area (Å²) in [4.78, 5) is 8.13. The number of nitrogens with one attached hydrogen (secondary N) is 1. The maximum Gasteiger partial charge on any atom is 0.134 e. The predicted molar refractivity (Wildman–Crippen MR) is 114 cm³/mol. The van der Waals surface area contributed by atoms with Crippen LogP contribution in [0.5, 0.6) is 0 Å². The lowest BCUT2D eigenvalue weighted by Gasteiger charge is -2.19. The Hall–Kier alpha value is -3.33. The smallest absolute Gasteiger partial charge is 0.134 e. The van der Waals surface area contributed by atoms with Gasteiger partial charge in [-0.3, -0.25) is 4.98 Å². The average Bonchev–Trinajstić information content (AvgIpc) is 3.21. The van der Waals surface area contributed by atoms with Crippen LogP contribution in [0.4, 0.5) is 0 Å². The zero-order valence-corrected chi connectivity index (χ0v) is 16.3. The number of H-pyrrole nitrogens is 1. The molecule has 0 amide bonds. The highest BCUT2D eigenvalue weighted by Gasteiger charge is 2.29. The van der Waals surface area contributed by atoms with Crippen molar-refractivity contribution in [3.8, 4) is 0 Å². The normalized spacial score (nSPS) is 12.7. The van der Waals surface area contributed by atoms with Gasteiger partial charge in [-0.25, -0.2) is 0 Å². The third kappa shape index (κ3) is 2.47. The second-order valence-electron chi connectivity index (χ2n) is 7.41. The third-order valence-corrected chi connectivity index (χ3v) is 5.73. The number of hydrogen-bond acceptors (Lipinski definition) is 2. The van der Waals surface area contributed by atoms with Gasteiger partial charge in [-0.2, -0.15) is 0 Å². The molecular formula is C25H22N2O. The molecule has 0 saturated carbocycles. The standard InChI is InChI=1S/C25H22N2O/c1-15-18-9-5-7-13-22(18)28-25(15)24(19-11-8-14-26-16(19)2)23-17(3)27-21-12-6-4-10-20(21)23/h4-14,24,27H,1-3H3. The van der Waals surface area contributed by atoms with E-state index in [9.17, 15) is 0 Å². The molecule has 0 radical (unpaired) electrons. The minimum absolute atomic E-state index is 0.0164. The monoisotopic (exact) mass is 366 g/mol. The molecule has 1 atom stereocenters. The second kappa shape index (κ2) is 6.38. The first-order chi connectivity index (χ1) is 13.6. The van der Waals surface area contributed by atoms with Crippen LogP contribution in [0.25, 0.3) is 21.9 Å². The number of para-hydroxylation sites is 2. The highest BCUT2D eigenvalue weighted by Crippen LogP contribution is 2.42. The lowest BCUT2D eigenvalue weighted by atomic mass is 9.85. The quantitative estimate of drug-likeness (QED) is 0.400. The Balaban J connectivity index is 1.87. The molecule has 3 heteroatoms. The van der Waals surface area contributed by atoms with E-state index in [1.165, 1.54) is 27.5 Å². The molecule has 3 heterocycles. The molecule has 3 aromatic heterocycles. The molecule has 5 rings (SSSR count). The van der Waals surface area contributed by atoms with Gasteiger partial charge in [-0.05, 0) is 55.7 Å². The number of fused-ring (bicyclic) bond motifs is 2. The molecule has 0 aliphatic rings. The first kappa shape index (κ1) is 16.8. The van der Waals surface area contributed by atoms with Gasteiger partial charge in [0.05, 0.1) is 5.92 Å². The van der Waals surface area contributed by atoms with Crippen LogP contribution in [0.2, 0.25) is 0 Å². The van der Waals surface area contributed by atoms with Crippen LogP contribution in [0.1, 0.15) is 39.8 Å². The van der Waals surface area contributed by atoms with Gasteiger partial charge in [0.25, 0.3) is 0 Å². The molecule has 3 nitrogen and oxygen atoms in total. The van der Waals surface area contributed by atoms with E-state index in [4.69, 9.17) is 4.42 Å². The van der Waals surface area contributed by atoms with Crippen molar-refractivity contribution in [3.05, 3.63) is 101 Å². The van der Waals surface area contributed by atoms with E-state index in [2.05, 4.69) is 73.2 Å². The summed E-state index contributed by atoms with van der Waals surface area (Å²) in [7, 11) is 0. The molecule has 1 unspecified atom stereocenters. The van der Waals surface area contributed by atoms with E-state index < -0.39 is 0 Å². The van der Waals surface area contributed by atoms with Crippen LogP contribution in [0.15, 0.2) is 71.3 Å². The van der Waals surface area contributed by atoms with Crippen molar-refractivity contribution in [1.29, 1.82) is 0 Å². The van der Waals surface area contributed by atoms with Crippen molar-refractivity contribution in [3.63, 3.8) is 0 Å². The van der Waals surface area contributed by atoms with Crippen molar-refractivity contribution in [2.24, 2.45) is 0 Å². The fraction of sp³-hybridized carbons (Fsp3) is 0.160. The number of hydrogen-bond donors (Lipinski definition) is 1. The zero-order chi connectivity index (χ0) is 19.3. The molecule has 2 aromatic carbocycles. The summed E-state index contributed by atoms with van der Waals surface area (Å²) in [5.74, 6) is 0.974. The van der Waals surface area contributed by atoms with Crippen LogP contribution >= 0.6 is 0 Å². The Morgan fingerprint density at radius 1 is 0.857 bits per heavy atom. The summed E-state index contributed by atoms with van der Waals surface area (Å²) in [6, 6.07) is 20.9. The number of pyridine rings is 1. The highest BCUT2D eigenvalue weighted by molar-refractivity contribution is 5.88. The molecule has 1 N–H and O–H groups in total. The first-order valence-corrected chi connectivity index (χ1v) is 9.62. The minimum Gasteiger partial charge on any atom is -0.460 e. The minimum atomic E-state index is -0.0164. The third-order valence-electron chi connectivity index (χ3n) is 5.73. The largest absolute Gasteiger partial charge is 0.460 e. The number of nitrogens with zero attached hydrogens (tertiary/aromatic N) is 1. The number of benzene rings is 2. The number of aryl methyl sites for hydroxylation is 3. The molecule has 0 aliphatic carbocycles. The van der Waals surface area contributed by atoms with Gasteiger partial charge in [0, 0.05) is 33.9 Å². The van der Waals surface area contributed by atoms with Crippen molar-refractivity contribution in [2.45, 2.75) is 26.7 Å². The summed E-state index contributed by atoms with van der Waals surface area (Å²) < 4.78 is 6.46. The van der Waals surface area contributed by atoms with Gasteiger partial charge >= 0.3 is 0 Å². The van der Waals surface area contributed by atoms with Crippen LogP contribution in [-0.4, -0.2) is 9.97 Å². The van der Waals surface area contributed by atoms with E-state index in [1.807, 2.05) is 24.4 Å². The van der Waals surface area contributed by atoms with E-state index in [0.29, 0.717) is 0 Å². The fourth-order valence-corrected chi connectivity index (χ4v) is 4.37. The summed E-state index contributed by atoms with van der Waals surface area (Å²) in [6.45, 7) is 6.38. The Bertz CT molecular complexity index is 1310. The van der Waals surface area contributed by atoms with E-state index in [-0.39, 0.29) is 5.92 Å². The van der Waals surface area contributed by atoms with Crippen LogP contribution < -0.4 is 0 Å². The van der Waals surface area contributed by atoms with Gasteiger partial charge in [0.15, 0.2) is 0 Å². The van der Waals surface area contributed by atoms with Crippen molar-refractivity contribution < 1.29 is 4.42 Å². The number of aromatic amines is 1. The predicted octanol–water partition coefficient (Wildman–Crippen LogP) is 6.41. The molecule has 0 aliphatic heterocycles. The van der Waals surface area contributed by atoms with Gasteiger partial charge < -0.3 is 9.40 Å². The van der Waals surface area contributed by atoms with Crippen molar-refractivity contribution in [2.75, 3.05) is 0 Å². The van der Waals surface area contributed by atoms with Crippen LogP contribution in [-0.2, 0) is 0 Å².